The summed E-state index contributed by atoms with van der Waals surface area (Å²) in [7, 11) is 0. The van der Waals surface area contributed by atoms with Gasteiger partial charge in [0.25, 0.3) is 0 Å². The molecule has 0 fully saturated rings. The van der Waals surface area contributed by atoms with Crippen molar-refractivity contribution in [3.63, 3.8) is 0 Å². The average molecular weight is 336 g/mol. The number of carboxylic acids is 1. The van der Waals surface area contributed by atoms with Gasteiger partial charge < -0.3 is 27.4 Å². The molecule has 8 heteroatoms. The maximum atomic E-state index is 12.1. The fourth-order valence-electron chi connectivity index (χ4n) is 2.24. The van der Waals surface area contributed by atoms with Crippen molar-refractivity contribution in [2.24, 2.45) is 28.1 Å². The lowest BCUT2D eigenvalue weighted by molar-refractivity contribution is -0.143. The molecule has 0 radical (unpaired) electrons. The molecule has 0 aliphatic rings. The topological polar surface area (TPSA) is 165 Å². The van der Waals surface area contributed by atoms with E-state index >= 15 is 0 Å². The van der Waals surface area contributed by atoms with E-state index in [0.717, 1.165) is 5.56 Å². The Morgan fingerprint density at radius 2 is 1.79 bits per heavy atom. The molecule has 0 aliphatic heterocycles. The smallest absolute Gasteiger partial charge is 0.307 e. The van der Waals surface area contributed by atoms with Crippen LogP contribution in [-0.2, 0) is 16.0 Å². The van der Waals surface area contributed by atoms with Crippen molar-refractivity contribution in [2.45, 2.75) is 31.7 Å². The summed E-state index contributed by atoms with van der Waals surface area (Å²) in [5.41, 5.74) is 16.9. The highest BCUT2D eigenvalue weighted by Crippen LogP contribution is 2.17. The fraction of sp³-hybridized carbons (Fsp3) is 0.438. The van der Waals surface area contributed by atoms with Gasteiger partial charge in [-0.1, -0.05) is 12.1 Å². The minimum absolute atomic E-state index is 0.0188. The maximum absolute atomic E-state index is 12.1. The van der Waals surface area contributed by atoms with E-state index in [0.29, 0.717) is 19.4 Å². The monoisotopic (exact) mass is 336 g/mol. The van der Waals surface area contributed by atoms with Crippen LogP contribution in [-0.4, -0.2) is 40.5 Å². The molecule has 0 aromatic heterocycles. The molecule has 8 N–H and O–H groups in total. The van der Waals surface area contributed by atoms with Crippen molar-refractivity contribution in [3.8, 4) is 5.75 Å². The molecule has 24 heavy (non-hydrogen) atoms. The molecule has 0 saturated carbocycles. The average Bonchev–Trinajstić information content (AvgIpc) is 2.52. The van der Waals surface area contributed by atoms with Gasteiger partial charge in [-0.2, -0.15) is 0 Å². The van der Waals surface area contributed by atoms with Crippen LogP contribution in [0.25, 0.3) is 0 Å². The van der Waals surface area contributed by atoms with Gasteiger partial charge in [0.2, 0.25) is 0 Å². The number of benzene rings is 1. The van der Waals surface area contributed by atoms with Crippen molar-refractivity contribution in [2.75, 3.05) is 6.54 Å². The Morgan fingerprint density at radius 1 is 1.17 bits per heavy atom. The number of ketones is 1. The maximum Gasteiger partial charge on any atom is 0.307 e. The van der Waals surface area contributed by atoms with Gasteiger partial charge in [0, 0.05) is 13.0 Å². The van der Waals surface area contributed by atoms with Gasteiger partial charge in [-0.05, 0) is 37.0 Å². The minimum Gasteiger partial charge on any atom is -0.508 e. The molecule has 0 saturated heterocycles. The number of phenols is 1. The number of hydrogen-bond acceptors (Lipinski definition) is 5. The number of aliphatic carboxylic acids is 1. The molecule has 1 rings (SSSR count). The number of hydrogen-bond donors (Lipinski definition) is 5. The number of phenolic OH excluding ortho intramolecular Hbond substituents is 1. The van der Waals surface area contributed by atoms with Crippen molar-refractivity contribution in [1.82, 2.24) is 0 Å². The van der Waals surface area contributed by atoms with Crippen LogP contribution in [0.5, 0.6) is 5.75 Å². The molecule has 0 heterocycles. The quantitative estimate of drug-likeness (QED) is 0.227. The van der Waals surface area contributed by atoms with Crippen LogP contribution in [0, 0.1) is 5.92 Å². The molecule has 1 aromatic rings. The van der Waals surface area contributed by atoms with Gasteiger partial charge >= 0.3 is 5.97 Å². The summed E-state index contributed by atoms with van der Waals surface area (Å²) >= 11 is 0. The third kappa shape index (κ3) is 7.10. The Labute approximate surface area is 140 Å². The highest BCUT2D eigenvalue weighted by Gasteiger charge is 2.24. The van der Waals surface area contributed by atoms with E-state index in [1.165, 1.54) is 12.1 Å². The molecule has 0 spiro atoms. The predicted molar refractivity (Wildman–Crippen MR) is 90.4 cm³/mol. The first-order valence-corrected chi connectivity index (χ1v) is 7.64. The summed E-state index contributed by atoms with van der Waals surface area (Å²) in [5.74, 6) is -2.12. The van der Waals surface area contributed by atoms with Crippen molar-refractivity contribution in [3.05, 3.63) is 29.8 Å². The predicted octanol–water partition coefficient (Wildman–Crippen LogP) is -0.0244. The minimum atomic E-state index is -1.05. The number of Topliss-reactive ketones (excluding diaryl/α,β-unsaturated/α-hetero) is 1. The molecule has 1 aromatic carbocycles. The van der Waals surface area contributed by atoms with Gasteiger partial charge in [0.05, 0.1) is 12.0 Å². The van der Waals surface area contributed by atoms with E-state index < -0.39 is 17.9 Å². The summed E-state index contributed by atoms with van der Waals surface area (Å²) < 4.78 is 0. The van der Waals surface area contributed by atoms with Crippen LogP contribution in [0.2, 0.25) is 0 Å². The Kier molecular flexibility index (Phi) is 7.70. The Morgan fingerprint density at radius 3 is 2.33 bits per heavy atom. The van der Waals surface area contributed by atoms with Crippen molar-refractivity contribution < 1.29 is 19.8 Å². The molecular formula is C16H24N4O4. The number of nitrogens with zero attached hydrogens (tertiary/aromatic N) is 1. The van der Waals surface area contributed by atoms with Crippen molar-refractivity contribution in [1.29, 1.82) is 0 Å². The summed E-state index contributed by atoms with van der Waals surface area (Å²) in [6, 6.07) is 5.48. The molecule has 8 nitrogen and oxygen atoms in total. The molecule has 132 valence electrons. The number of nitrogens with two attached hydrogens (primary N) is 3. The summed E-state index contributed by atoms with van der Waals surface area (Å²) in [5, 5.41) is 18.6. The first-order valence-electron chi connectivity index (χ1n) is 7.64. The SMILES string of the molecule is NC(N)=NCCC[C@H](N)C(=O)CC(Cc1ccc(O)cc1)C(=O)O. The normalized spacial score (nSPS) is 13.0. The number of guanidine groups is 1. The Balaban J connectivity index is 2.54. The van der Waals surface area contributed by atoms with Crippen LogP contribution in [0.15, 0.2) is 29.3 Å². The number of carbonyl (C=O) groups is 2. The molecule has 0 amide bonds. The summed E-state index contributed by atoms with van der Waals surface area (Å²) in [6.45, 7) is 0.374. The van der Waals surface area contributed by atoms with Crippen LogP contribution in [0.4, 0.5) is 0 Å². The van der Waals surface area contributed by atoms with E-state index in [9.17, 15) is 19.8 Å². The van der Waals surface area contributed by atoms with E-state index in [2.05, 4.69) is 4.99 Å². The van der Waals surface area contributed by atoms with Gasteiger partial charge in [-0.15, -0.1) is 0 Å². The van der Waals surface area contributed by atoms with E-state index in [-0.39, 0.29) is 30.3 Å². The molecular weight excluding hydrogens is 312 g/mol. The van der Waals surface area contributed by atoms with Gasteiger partial charge in [-0.3, -0.25) is 14.6 Å². The lowest BCUT2D eigenvalue weighted by Crippen LogP contribution is -2.34. The highest BCUT2D eigenvalue weighted by atomic mass is 16.4. The first-order chi connectivity index (χ1) is 11.3. The van der Waals surface area contributed by atoms with E-state index in [1.54, 1.807) is 12.1 Å². The fourth-order valence-corrected chi connectivity index (χ4v) is 2.24. The number of rotatable bonds is 10. The first kappa shape index (κ1) is 19.4. The molecule has 1 unspecified atom stereocenters. The third-order valence-corrected chi connectivity index (χ3v) is 3.60. The summed E-state index contributed by atoms with van der Waals surface area (Å²) in [4.78, 5) is 27.3. The zero-order chi connectivity index (χ0) is 18.1. The van der Waals surface area contributed by atoms with Crippen LogP contribution >= 0.6 is 0 Å². The number of aromatic hydroxyl groups is 1. The number of aliphatic imine (C=N–C) groups is 1. The second kappa shape index (κ2) is 9.51. The standard InChI is InChI=1S/C16H24N4O4/c17-13(2-1-7-20-16(18)19)14(22)9-11(15(23)24)8-10-3-5-12(21)6-4-10/h3-6,11,13,21H,1-2,7-9,17H2,(H,23,24)(H4,18,19,20)/t11?,13-/m0/s1. The second-order valence-corrected chi connectivity index (χ2v) is 5.63. The number of carbonyl (C=O) groups excluding carboxylic acids is 1. The van der Waals surface area contributed by atoms with Gasteiger partial charge in [-0.25, -0.2) is 0 Å². The van der Waals surface area contributed by atoms with E-state index in [1.807, 2.05) is 0 Å². The van der Waals surface area contributed by atoms with Crippen LogP contribution in [0.1, 0.15) is 24.8 Å². The third-order valence-electron chi connectivity index (χ3n) is 3.60. The largest absolute Gasteiger partial charge is 0.508 e. The Bertz CT molecular complexity index is 582. The second-order valence-electron chi connectivity index (χ2n) is 5.63. The Hall–Kier alpha value is -2.61. The zero-order valence-corrected chi connectivity index (χ0v) is 13.4. The lowest BCUT2D eigenvalue weighted by Gasteiger charge is -2.15. The van der Waals surface area contributed by atoms with E-state index in [4.69, 9.17) is 17.2 Å². The zero-order valence-electron chi connectivity index (χ0n) is 13.4. The van der Waals surface area contributed by atoms with Crippen molar-refractivity contribution >= 4 is 17.7 Å². The van der Waals surface area contributed by atoms with Crippen LogP contribution in [0.3, 0.4) is 0 Å². The highest BCUT2D eigenvalue weighted by molar-refractivity contribution is 5.87. The number of carboxylic acid groups (broad SMARTS) is 1. The molecule has 0 bridgehead atoms. The van der Waals surface area contributed by atoms with Gasteiger partial charge in [0.15, 0.2) is 5.96 Å². The summed E-state index contributed by atoms with van der Waals surface area (Å²) in [6.07, 6.45) is 0.989. The molecule has 2 atom stereocenters. The van der Waals surface area contributed by atoms with Gasteiger partial charge in [0.1, 0.15) is 11.5 Å². The lowest BCUT2D eigenvalue weighted by atomic mass is 9.91. The van der Waals surface area contributed by atoms with Crippen LogP contribution < -0.4 is 17.2 Å². The molecule has 0 aliphatic carbocycles.